The molecular formula is C17H26N2O2. The van der Waals surface area contributed by atoms with Gasteiger partial charge in [-0.2, -0.15) is 0 Å². The number of ether oxygens (including phenoxy) is 1. The summed E-state index contributed by atoms with van der Waals surface area (Å²) in [6.45, 7) is 4.94. The van der Waals surface area contributed by atoms with Crippen molar-refractivity contribution in [3.63, 3.8) is 0 Å². The summed E-state index contributed by atoms with van der Waals surface area (Å²) < 4.78 is 5.55. The predicted molar refractivity (Wildman–Crippen MR) is 85.1 cm³/mol. The number of anilines is 1. The molecular weight excluding hydrogens is 264 g/mol. The van der Waals surface area contributed by atoms with Crippen molar-refractivity contribution in [2.75, 3.05) is 12.3 Å². The molecule has 1 saturated carbocycles. The van der Waals surface area contributed by atoms with Crippen LogP contribution >= 0.6 is 0 Å². The van der Waals surface area contributed by atoms with Crippen molar-refractivity contribution in [1.29, 1.82) is 0 Å². The van der Waals surface area contributed by atoms with E-state index in [1.807, 2.05) is 12.1 Å². The first-order valence-corrected chi connectivity index (χ1v) is 7.72. The summed E-state index contributed by atoms with van der Waals surface area (Å²) in [5.41, 5.74) is 6.66. The van der Waals surface area contributed by atoms with Gasteiger partial charge in [-0.3, -0.25) is 4.79 Å². The topological polar surface area (TPSA) is 64.3 Å². The van der Waals surface area contributed by atoms with Gasteiger partial charge in [0.2, 0.25) is 5.91 Å². The van der Waals surface area contributed by atoms with Crippen LogP contribution in [0.1, 0.15) is 46.0 Å². The molecule has 1 aromatic rings. The maximum Gasteiger partial charge on any atom is 0.223 e. The molecule has 0 spiro atoms. The molecule has 21 heavy (non-hydrogen) atoms. The lowest BCUT2D eigenvalue weighted by atomic mass is 9.75. The number of nitrogens with one attached hydrogen (secondary N) is 1. The fourth-order valence-corrected chi connectivity index (χ4v) is 2.95. The Balaban J connectivity index is 1.69. The summed E-state index contributed by atoms with van der Waals surface area (Å²) in [5.74, 6) is 0.823. The van der Waals surface area contributed by atoms with E-state index in [0.717, 1.165) is 18.6 Å². The molecule has 1 aliphatic rings. The summed E-state index contributed by atoms with van der Waals surface area (Å²) >= 11 is 0. The smallest absolute Gasteiger partial charge is 0.223 e. The van der Waals surface area contributed by atoms with E-state index in [0.29, 0.717) is 30.2 Å². The lowest BCUT2D eigenvalue weighted by molar-refractivity contribution is -0.122. The summed E-state index contributed by atoms with van der Waals surface area (Å²) in [6.07, 6.45) is 4.99. The Hall–Kier alpha value is -1.71. The van der Waals surface area contributed by atoms with Crippen LogP contribution in [0.3, 0.4) is 0 Å². The van der Waals surface area contributed by atoms with Crippen molar-refractivity contribution in [3.8, 4) is 5.75 Å². The van der Waals surface area contributed by atoms with Gasteiger partial charge in [-0.15, -0.1) is 0 Å². The molecule has 0 aromatic heterocycles. The van der Waals surface area contributed by atoms with Gasteiger partial charge >= 0.3 is 0 Å². The number of nitrogens with two attached hydrogens (primary N) is 1. The molecule has 1 aliphatic carbocycles. The van der Waals surface area contributed by atoms with Gasteiger partial charge in [0.1, 0.15) is 5.75 Å². The maximum absolute atomic E-state index is 12.0. The second kappa shape index (κ2) is 6.83. The molecule has 1 amide bonds. The van der Waals surface area contributed by atoms with E-state index in [2.05, 4.69) is 19.2 Å². The minimum absolute atomic E-state index is 0.0770. The SMILES string of the molecule is CC1(C)CCCC(NC(=O)CCOc2ccc(N)cc2)C1. The van der Waals surface area contributed by atoms with Crippen molar-refractivity contribution in [2.24, 2.45) is 5.41 Å². The van der Waals surface area contributed by atoms with Crippen LogP contribution < -0.4 is 15.8 Å². The molecule has 0 bridgehead atoms. The van der Waals surface area contributed by atoms with Crippen molar-refractivity contribution in [1.82, 2.24) is 5.32 Å². The molecule has 0 aliphatic heterocycles. The van der Waals surface area contributed by atoms with Crippen LogP contribution in [0.15, 0.2) is 24.3 Å². The summed E-state index contributed by atoms with van der Waals surface area (Å²) in [7, 11) is 0. The molecule has 3 N–H and O–H groups in total. The second-order valence-electron chi connectivity index (χ2n) is 6.69. The number of benzene rings is 1. The highest BCUT2D eigenvalue weighted by atomic mass is 16.5. The molecule has 1 fully saturated rings. The minimum atomic E-state index is 0.0770. The Morgan fingerprint density at radius 3 is 2.76 bits per heavy atom. The van der Waals surface area contributed by atoms with Crippen molar-refractivity contribution in [3.05, 3.63) is 24.3 Å². The molecule has 0 heterocycles. The van der Waals surface area contributed by atoms with Gasteiger partial charge in [0.05, 0.1) is 13.0 Å². The Morgan fingerprint density at radius 1 is 1.38 bits per heavy atom. The van der Waals surface area contributed by atoms with Crippen molar-refractivity contribution in [2.45, 2.75) is 52.0 Å². The number of carbonyl (C=O) groups excluding carboxylic acids is 1. The van der Waals surface area contributed by atoms with Gasteiger partial charge in [0.25, 0.3) is 0 Å². The van der Waals surface area contributed by atoms with Gasteiger partial charge in [-0.25, -0.2) is 0 Å². The third-order valence-electron chi connectivity index (χ3n) is 4.05. The molecule has 0 saturated heterocycles. The Morgan fingerprint density at radius 2 is 2.10 bits per heavy atom. The van der Waals surface area contributed by atoms with Crippen LogP contribution in [0.2, 0.25) is 0 Å². The van der Waals surface area contributed by atoms with Gasteiger partial charge in [0.15, 0.2) is 0 Å². The number of rotatable bonds is 5. The number of carbonyl (C=O) groups is 1. The zero-order chi connectivity index (χ0) is 15.3. The largest absolute Gasteiger partial charge is 0.493 e. The number of amides is 1. The molecule has 4 nitrogen and oxygen atoms in total. The molecule has 0 radical (unpaired) electrons. The van der Waals surface area contributed by atoms with Crippen molar-refractivity contribution >= 4 is 11.6 Å². The average Bonchev–Trinajstić information content (AvgIpc) is 2.40. The third-order valence-corrected chi connectivity index (χ3v) is 4.05. The zero-order valence-electron chi connectivity index (χ0n) is 13.0. The quantitative estimate of drug-likeness (QED) is 0.819. The highest BCUT2D eigenvalue weighted by molar-refractivity contribution is 5.76. The van der Waals surface area contributed by atoms with Crippen LogP contribution in [-0.4, -0.2) is 18.6 Å². The summed E-state index contributed by atoms with van der Waals surface area (Å²) in [6, 6.07) is 7.53. The van der Waals surface area contributed by atoms with Crippen LogP contribution in [-0.2, 0) is 4.79 Å². The zero-order valence-corrected chi connectivity index (χ0v) is 13.0. The van der Waals surface area contributed by atoms with E-state index in [1.165, 1.54) is 12.8 Å². The molecule has 4 heteroatoms. The van der Waals surface area contributed by atoms with Gasteiger partial charge in [-0.05, 0) is 48.9 Å². The Labute approximate surface area is 127 Å². The normalized spacial score (nSPS) is 20.8. The van der Waals surface area contributed by atoms with E-state index in [9.17, 15) is 4.79 Å². The van der Waals surface area contributed by atoms with Crippen molar-refractivity contribution < 1.29 is 9.53 Å². The van der Waals surface area contributed by atoms with Gasteiger partial charge in [-0.1, -0.05) is 20.3 Å². The third kappa shape index (κ3) is 5.29. The van der Waals surface area contributed by atoms with E-state index in [-0.39, 0.29) is 5.91 Å². The van der Waals surface area contributed by atoms with Crippen LogP contribution in [0.25, 0.3) is 0 Å². The van der Waals surface area contributed by atoms with Gasteiger partial charge in [0, 0.05) is 11.7 Å². The standard InChI is InChI=1S/C17H26N2O2/c1-17(2)10-3-4-14(12-17)19-16(20)9-11-21-15-7-5-13(18)6-8-15/h5-8,14H,3-4,9-12,18H2,1-2H3,(H,19,20). The first kappa shape index (κ1) is 15.7. The summed E-state index contributed by atoms with van der Waals surface area (Å²) in [5, 5.41) is 3.13. The number of nitrogen functional groups attached to an aromatic ring is 1. The van der Waals surface area contributed by atoms with Crippen LogP contribution in [0.4, 0.5) is 5.69 Å². The highest BCUT2D eigenvalue weighted by Gasteiger charge is 2.28. The Kier molecular flexibility index (Phi) is 5.10. The van der Waals surface area contributed by atoms with E-state index < -0.39 is 0 Å². The van der Waals surface area contributed by atoms with Gasteiger partial charge < -0.3 is 15.8 Å². The lowest BCUT2D eigenvalue weighted by Crippen LogP contribution is -2.41. The predicted octanol–water partition coefficient (Wildman–Crippen LogP) is 3.12. The molecule has 1 aromatic carbocycles. The monoisotopic (exact) mass is 290 g/mol. The fourth-order valence-electron chi connectivity index (χ4n) is 2.95. The first-order chi connectivity index (χ1) is 9.94. The van der Waals surface area contributed by atoms with E-state index >= 15 is 0 Å². The van der Waals surface area contributed by atoms with Crippen LogP contribution in [0, 0.1) is 5.41 Å². The maximum atomic E-state index is 12.0. The molecule has 1 atom stereocenters. The lowest BCUT2D eigenvalue weighted by Gasteiger charge is -2.35. The molecule has 116 valence electrons. The first-order valence-electron chi connectivity index (χ1n) is 7.72. The second-order valence-corrected chi connectivity index (χ2v) is 6.69. The summed E-state index contributed by atoms with van der Waals surface area (Å²) in [4.78, 5) is 12.0. The fraction of sp³-hybridized carbons (Fsp3) is 0.588. The number of hydrogen-bond acceptors (Lipinski definition) is 3. The minimum Gasteiger partial charge on any atom is -0.493 e. The average molecular weight is 290 g/mol. The van der Waals surface area contributed by atoms with E-state index in [4.69, 9.17) is 10.5 Å². The highest BCUT2D eigenvalue weighted by Crippen LogP contribution is 2.35. The van der Waals surface area contributed by atoms with E-state index in [1.54, 1.807) is 12.1 Å². The molecule has 1 unspecified atom stereocenters. The molecule has 2 rings (SSSR count). The number of hydrogen-bond donors (Lipinski definition) is 2. The Bertz CT molecular complexity index is 468. The van der Waals surface area contributed by atoms with Crippen LogP contribution in [0.5, 0.6) is 5.75 Å².